The summed E-state index contributed by atoms with van der Waals surface area (Å²) in [5.41, 5.74) is 0. The van der Waals surface area contributed by atoms with Crippen LogP contribution in [0.3, 0.4) is 0 Å². The minimum atomic E-state index is 0.824. The fourth-order valence-corrected chi connectivity index (χ4v) is 0.652. The van der Waals surface area contributed by atoms with Crippen molar-refractivity contribution >= 4 is 21.0 Å². The molecule has 1 saturated heterocycles. The summed E-state index contributed by atoms with van der Waals surface area (Å²) >= 11 is 0. The van der Waals surface area contributed by atoms with Crippen LogP contribution in [-0.2, 0) is 8.85 Å². The SMILES string of the molecule is CC1CCOC1.[SiH3]O[SiH3]. The van der Waals surface area contributed by atoms with Crippen LogP contribution in [0.15, 0.2) is 0 Å². The van der Waals surface area contributed by atoms with Crippen LogP contribution in [0.5, 0.6) is 0 Å². The van der Waals surface area contributed by atoms with E-state index in [9.17, 15) is 0 Å². The summed E-state index contributed by atoms with van der Waals surface area (Å²) in [5.74, 6) is 0.824. The maximum absolute atomic E-state index is 5.06. The lowest BCUT2D eigenvalue weighted by Gasteiger charge is -1.89. The molecule has 0 radical (unpaired) electrons. The third kappa shape index (κ3) is 6.24. The van der Waals surface area contributed by atoms with Gasteiger partial charge in [-0.05, 0) is 12.3 Å². The van der Waals surface area contributed by atoms with Gasteiger partial charge in [0.05, 0.1) is 0 Å². The highest BCUT2D eigenvalue weighted by Gasteiger charge is 2.07. The molecular weight excluding hydrogens is 148 g/mol. The monoisotopic (exact) mass is 164 g/mol. The van der Waals surface area contributed by atoms with Crippen LogP contribution >= 0.6 is 0 Å². The second-order valence-corrected chi connectivity index (χ2v) is 5.64. The third-order valence-electron chi connectivity index (χ3n) is 1.16. The summed E-state index contributed by atoms with van der Waals surface area (Å²) in [5, 5.41) is 0. The summed E-state index contributed by atoms with van der Waals surface area (Å²) in [4.78, 5) is 0. The molecule has 56 valence electrons. The Morgan fingerprint density at radius 1 is 1.56 bits per heavy atom. The largest absolute Gasteiger partial charge is 0.471 e. The quantitative estimate of drug-likeness (QED) is 0.410. The van der Waals surface area contributed by atoms with Crippen molar-refractivity contribution in [2.24, 2.45) is 5.92 Å². The second kappa shape index (κ2) is 6.47. The minimum Gasteiger partial charge on any atom is -0.471 e. The molecule has 0 aliphatic carbocycles. The summed E-state index contributed by atoms with van der Waals surface area (Å²) in [7, 11) is 1.86. The van der Waals surface area contributed by atoms with Crippen molar-refractivity contribution in [3.05, 3.63) is 0 Å². The van der Waals surface area contributed by atoms with Crippen molar-refractivity contribution in [1.82, 2.24) is 0 Å². The van der Waals surface area contributed by atoms with Crippen molar-refractivity contribution in [3.8, 4) is 0 Å². The molecule has 4 heteroatoms. The van der Waals surface area contributed by atoms with Crippen molar-refractivity contribution in [3.63, 3.8) is 0 Å². The molecule has 0 aromatic rings. The molecule has 1 unspecified atom stereocenters. The van der Waals surface area contributed by atoms with Crippen molar-refractivity contribution in [2.45, 2.75) is 13.3 Å². The molecule has 1 rings (SSSR count). The number of rotatable bonds is 0. The standard InChI is InChI=1S/C5H10O.H6OSi2/c1-5-2-3-6-4-5;2-1-3/h5H,2-4H2,1H3;2-3H3. The zero-order valence-electron chi connectivity index (χ0n) is 6.52. The average Bonchev–Trinajstić information content (AvgIpc) is 2.20. The van der Waals surface area contributed by atoms with Gasteiger partial charge >= 0.3 is 0 Å². The van der Waals surface area contributed by atoms with E-state index in [0.717, 1.165) is 40.1 Å². The van der Waals surface area contributed by atoms with E-state index in [1.165, 1.54) is 6.42 Å². The van der Waals surface area contributed by atoms with E-state index in [2.05, 4.69) is 11.0 Å². The van der Waals surface area contributed by atoms with Gasteiger partial charge < -0.3 is 8.85 Å². The van der Waals surface area contributed by atoms with Gasteiger partial charge in [0.2, 0.25) is 0 Å². The van der Waals surface area contributed by atoms with E-state index >= 15 is 0 Å². The van der Waals surface area contributed by atoms with Crippen LogP contribution in [0.25, 0.3) is 0 Å². The lowest BCUT2D eigenvalue weighted by atomic mass is 10.2. The number of ether oxygens (including phenoxy) is 1. The second-order valence-electron chi connectivity index (χ2n) is 2.38. The van der Waals surface area contributed by atoms with Gasteiger partial charge in [0.25, 0.3) is 0 Å². The predicted molar refractivity (Wildman–Crippen MR) is 45.6 cm³/mol. The fourth-order valence-electron chi connectivity index (χ4n) is 0.652. The van der Waals surface area contributed by atoms with E-state index in [1.54, 1.807) is 0 Å². The maximum atomic E-state index is 5.06. The van der Waals surface area contributed by atoms with E-state index in [-0.39, 0.29) is 0 Å². The zero-order chi connectivity index (χ0) is 7.11. The molecule has 0 N–H and O–H groups in total. The van der Waals surface area contributed by atoms with Crippen molar-refractivity contribution in [1.29, 1.82) is 0 Å². The van der Waals surface area contributed by atoms with Gasteiger partial charge in [-0.2, -0.15) is 0 Å². The highest BCUT2D eigenvalue weighted by Crippen LogP contribution is 2.09. The van der Waals surface area contributed by atoms with Gasteiger partial charge in [0.15, 0.2) is 0 Å². The molecule has 0 aromatic heterocycles. The van der Waals surface area contributed by atoms with Gasteiger partial charge in [0, 0.05) is 13.2 Å². The van der Waals surface area contributed by atoms with Gasteiger partial charge in [-0.1, -0.05) is 6.92 Å². The van der Waals surface area contributed by atoms with Crippen LogP contribution in [-0.4, -0.2) is 34.2 Å². The Bertz CT molecular complexity index is 54.9. The van der Waals surface area contributed by atoms with Crippen molar-refractivity contribution in [2.75, 3.05) is 13.2 Å². The number of hydrogen-bond donors (Lipinski definition) is 0. The van der Waals surface area contributed by atoms with Crippen LogP contribution in [0.2, 0.25) is 0 Å². The molecule has 1 fully saturated rings. The van der Waals surface area contributed by atoms with Gasteiger partial charge in [-0.3, -0.25) is 0 Å². The molecule has 1 heterocycles. The number of hydrogen-bond acceptors (Lipinski definition) is 2. The summed E-state index contributed by atoms with van der Waals surface area (Å²) < 4.78 is 9.58. The molecule has 0 amide bonds. The molecule has 0 aromatic carbocycles. The molecule has 1 aliphatic heterocycles. The molecule has 9 heavy (non-hydrogen) atoms. The summed E-state index contributed by atoms with van der Waals surface area (Å²) in [6.45, 7) is 4.19. The lowest BCUT2D eigenvalue weighted by molar-refractivity contribution is 0.188. The van der Waals surface area contributed by atoms with Crippen molar-refractivity contribution < 1.29 is 8.85 Å². The smallest absolute Gasteiger partial charge is 0.129 e. The highest BCUT2D eigenvalue weighted by atomic mass is 28.3. The molecule has 0 bridgehead atoms. The molecular formula is C5H16O2Si2. The predicted octanol–water partition coefficient (Wildman–Crippen LogP) is -1.39. The Morgan fingerprint density at radius 2 is 2.11 bits per heavy atom. The highest BCUT2D eigenvalue weighted by molar-refractivity contribution is 6.15. The van der Waals surface area contributed by atoms with Crippen LogP contribution in [0.1, 0.15) is 13.3 Å². The normalized spacial score (nSPS) is 25.7. The molecule has 0 saturated carbocycles. The Hall–Kier alpha value is 0.354. The minimum absolute atomic E-state index is 0.824. The van der Waals surface area contributed by atoms with E-state index in [0.29, 0.717) is 0 Å². The van der Waals surface area contributed by atoms with E-state index in [4.69, 9.17) is 4.74 Å². The van der Waals surface area contributed by atoms with E-state index < -0.39 is 0 Å². The maximum Gasteiger partial charge on any atom is 0.129 e. The van der Waals surface area contributed by atoms with Crippen LogP contribution in [0.4, 0.5) is 0 Å². The van der Waals surface area contributed by atoms with Gasteiger partial charge in [0.1, 0.15) is 21.0 Å². The Labute approximate surface area is 63.0 Å². The molecule has 1 aliphatic rings. The topological polar surface area (TPSA) is 18.5 Å². The van der Waals surface area contributed by atoms with Crippen LogP contribution in [0, 0.1) is 5.92 Å². The molecule has 2 nitrogen and oxygen atoms in total. The molecule has 0 spiro atoms. The Kier molecular flexibility index (Phi) is 6.73. The average molecular weight is 164 g/mol. The molecule has 1 atom stereocenters. The van der Waals surface area contributed by atoms with Crippen LogP contribution < -0.4 is 0 Å². The first kappa shape index (κ1) is 9.35. The first-order chi connectivity index (χ1) is 4.31. The fraction of sp³-hybridized carbons (Fsp3) is 1.00. The first-order valence-corrected chi connectivity index (χ1v) is 4.92. The first-order valence-electron chi connectivity index (χ1n) is 3.29. The zero-order valence-corrected chi connectivity index (χ0v) is 10.5. The van der Waals surface area contributed by atoms with E-state index in [1.807, 2.05) is 0 Å². The Morgan fingerprint density at radius 3 is 2.22 bits per heavy atom. The van der Waals surface area contributed by atoms with Gasteiger partial charge in [-0.15, -0.1) is 0 Å². The third-order valence-corrected chi connectivity index (χ3v) is 1.16. The Balaban J connectivity index is 0.000000187. The van der Waals surface area contributed by atoms with Gasteiger partial charge in [-0.25, -0.2) is 0 Å². The summed E-state index contributed by atoms with van der Waals surface area (Å²) in [6, 6.07) is 0. The lowest BCUT2D eigenvalue weighted by Crippen LogP contribution is -1.88. The summed E-state index contributed by atoms with van der Waals surface area (Å²) in [6.07, 6.45) is 1.26.